The lowest BCUT2D eigenvalue weighted by molar-refractivity contribution is -0.143. The van der Waals surface area contributed by atoms with E-state index in [1.807, 2.05) is 0 Å². The number of hydrogen-bond acceptors (Lipinski definition) is 3. The molecule has 0 rings (SSSR count). The summed E-state index contributed by atoms with van der Waals surface area (Å²) in [6, 6.07) is 0. The SMILES string of the molecule is CCCCCCCCCCCCOC(=O)CCSCCCl. The van der Waals surface area contributed by atoms with Gasteiger partial charge in [0.15, 0.2) is 0 Å². The maximum Gasteiger partial charge on any atom is 0.306 e. The van der Waals surface area contributed by atoms with Gasteiger partial charge in [0.1, 0.15) is 0 Å². The molecule has 0 spiro atoms. The van der Waals surface area contributed by atoms with Gasteiger partial charge in [-0.2, -0.15) is 11.8 Å². The normalized spacial score (nSPS) is 10.8. The Morgan fingerprint density at radius 1 is 0.905 bits per heavy atom. The summed E-state index contributed by atoms with van der Waals surface area (Å²) >= 11 is 7.27. The van der Waals surface area contributed by atoms with E-state index in [4.69, 9.17) is 16.3 Å². The Morgan fingerprint density at radius 3 is 2.05 bits per heavy atom. The summed E-state index contributed by atoms with van der Waals surface area (Å²) in [4.78, 5) is 11.4. The summed E-state index contributed by atoms with van der Waals surface area (Å²) in [5, 5.41) is 0. The third-order valence-electron chi connectivity index (χ3n) is 3.43. The van der Waals surface area contributed by atoms with Gasteiger partial charge >= 0.3 is 5.97 Å². The van der Waals surface area contributed by atoms with Crippen LogP contribution in [-0.2, 0) is 9.53 Å². The van der Waals surface area contributed by atoms with Crippen LogP contribution >= 0.6 is 23.4 Å². The largest absolute Gasteiger partial charge is 0.466 e. The van der Waals surface area contributed by atoms with Crippen LogP contribution in [0, 0.1) is 0 Å². The monoisotopic (exact) mass is 336 g/mol. The Balaban J connectivity index is 3.09. The van der Waals surface area contributed by atoms with Crippen LogP contribution in [0.4, 0.5) is 0 Å². The highest BCUT2D eigenvalue weighted by atomic mass is 35.5. The fraction of sp³-hybridized carbons (Fsp3) is 0.941. The van der Waals surface area contributed by atoms with E-state index in [0.29, 0.717) is 18.9 Å². The molecule has 21 heavy (non-hydrogen) atoms. The lowest BCUT2D eigenvalue weighted by Gasteiger charge is -2.05. The van der Waals surface area contributed by atoms with Crippen molar-refractivity contribution in [2.24, 2.45) is 0 Å². The number of thioether (sulfide) groups is 1. The highest BCUT2D eigenvalue weighted by Crippen LogP contribution is 2.10. The average Bonchev–Trinajstić information content (AvgIpc) is 2.49. The molecule has 0 aromatic heterocycles. The van der Waals surface area contributed by atoms with Gasteiger partial charge in [0.2, 0.25) is 0 Å². The van der Waals surface area contributed by atoms with Crippen molar-refractivity contribution in [3.8, 4) is 0 Å². The van der Waals surface area contributed by atoms with Crippen LogP contribution in [-0.4, -0.2) is 30.0 Å². The Hall–Kier alpha value is 0.110. The van der Waals surface area contributed by atoms with Crippen molar-refractivity contribution < 1.29 is 9.53 Å². The minimum Gasteiger partial charge on any atom is -0.466 e. The summed E-state index contributed by atoms with van der Waals surface area (Å²) in [6.07, 6.45) is 13.6. The molecular weight excluding hydrogens is 304 g/mol. The molecule has 0 aliphatic rings. The predicted molar refractivity (Wildman–Crippen MR) is 95.5 cm³/mol. The van der Waals surface area contributed by atoms with Gasteiger partial charge in [-0.1, -0.05) is 64.7 Å². The number of unbranched alkanes of at least 4 members (excludes halogenated alkanes) is 9. The molecular formula is C17H33ClO2S. The first-order valence-electron chi connectivity index (χ1n) is 8.60. The number of halogens is 1. The van der Waals surface area contributed by atoms with Crippen molar-refractivity contribution in [2.75, 3.05) is 24.0 Å². The fourth-order valence-corrected chi connectivity index (χ4v) is 3.11. The van der Waals surface area contributed by atoms with Gasteiger partial charge in [-0.15, -0.1) is 11.6 Å². The molecule has 0 aromatic carbocycles. The number of alkyl halides is 1. The molecule has 0 aliphatic carbocycles. The van der Waals surface area contributed by atoms with Crippen molar-refractivity contribution >= 4 is 29.3 Å². The molecule has 4 heteroatoms. The fourth-order valence-electron chi connectivity index (χ4n) is 2.16. The molecule has 0 unspecified atom stereocenters. The molecule has 0 heterocycles. The zero-order valence-corrected chi connectivity index (χ0v) is 15.3. The van der Waals surface area contributed by atoms with Gasteiger partial charge < -0.3 is 4.74 Å². The van der Waals surface area contributed by atoms with Gasteiger partial charge in [0.25, 0.3) is 0 Å². The van der Waals surface area contributed by atoms with Crippen molar-refractivity contribution in [1.82, 2.24) is 0 Å². The third-order valence-corrected chi connectivity index (χ3v) is 4.83. The van der Waals surface area contributed by atoms with Crippen LogP contribution in [0.2, 0.25) is 0 Å². The van der Waals surface area contributed by atoms with E-state index >= 15 is 0 Å². The van der Waals surface area contributed by atoms with Gasteiger partial charge in [-0.25, -0.2) is 0 Å². The summed E-state index contributed by atoms with van der Waals surface area (Å²) in [5.74, 6) is 2.32. The van der Waals surface area contributed by atoms with E-state index in [2.05, 4.69) is 6.92 Å². The van der Waals surface area contributed by atoms with E-state index in [-0.39, 0.29) is 5.97 Å². The van der Waals surface area contributed by atoms with Crippen LogP contribution in [0.15, 0.2) is 0 Å². The van der Waals surface area contributed by atoms with E-state index in [1.165, 1.54) is 57.8 Å². The first-order chi connectivity index (χ1) is 10.3. The van der Waals surface area contributed by atoms with Crippen LogP contribution < -0.4 is 0 Å². The van der Waals surface area contributed by atoms with Gasteiger partial charge in [-0.3, -0.25) is 4.79 Å². The van der Waals surface area contributed by atoms with Crippen LogP contribution in [0.25, 0.3) is 0 Å². The molecule has 0 saturated carbocycles. The highest BCUT2D eigenvalue weighted by molar-refractivity contribution is 7.99. The number of ether oxygens (including phenoxy) is 1. The lowest BCUT2D eigenvalue weighted by atomic mass is 10.1. The zero-order valence-electron chi connectivity index (χ0n) is 13.7. The second-order valence-corrected chi connectivity index (χ2v) is 7.06. The van der Waals surface area contributed by atoms with Crippen molar-refractivity contribution in [3.63, 3.8) is 0 Å². The first-order valence-corrected chi connectivity index (χ1v) is 10.3. The van der Waals surface area contributed by atoms with Crippen LogP contribution in [0.5, 0.6) is 0 Å². The molecule has 0 aliphatic heterocycles. The molecule has 0 saturated heterocycles. The molecule has 2 nitrogen and oxygen atoms in total. The van der Waals surface area contributed by atoms with Crippen LogP contribution in [0.3, 0.4) is 0 Å². The Kier molecular flexibility index (Phi) is 18.3. The highest BCUT2D eigenvalue weighted by Gasteiger charge is 2.02. The smallest absolute Gasteiger partial charge is 0.306 e. The van der Waals surface area contributed by atoms with Crippen molar-refractivity contribution in [1.29, 1.82) is 0 Å². The lowest BCUT2D eigenvalue weighted by Crippen LogP contribution is -2.07. The summed E-state index contributed by atoms with van der Waals surface area (Å²) in [5.41, 5.74) is 0. The first kappa shape index (κ1) is 21.1. The molecule has 0 amide bonds. The van der Waals surface area contributed by atoms with E-state index in [0.717, 1.165) is 17.9 Å². The standard InChI is InChI=1S/C17H33ClO2S/c1-2-3-4-5-6-7-8-9-10-11-14-20-17(19)12-15-21-16-13-18/h2-16H2,1H3. The molecule has 0 bridgehead atoms. The van der Waals surface area contributed by atoms with E-state index in [9.17, 15) is 4.79 Å². The third kappa shape index (κ3) is 18.1. The number of hydrogen-bond donors (Lipinski definition) is 0. The maximum atomic E-state index is 11.4. The quantitative estimate of drug-likeness (QED) is 0.202. The topological polar surface area (TPSA) is 26.3 Å². The number of esters is 1. The summed E-state index contributed by atoms with van der Waals surface area (Å²) < 4.78 is 5.21. The molecule has 0 atom stereocenters. The minimum atomic E-state index is -0.0620. The predicted octanol–water partition coefficient (Wildman–Crippen LogP) is 5.81. The van der Waals surface area contributed by atoms with Crippen molar-refractivity contribution in [2.45, 2.75) is 77.6 Å². The van der Waals surface area contributed by atoms with Crippen molar-refractivity contribution in [3.05, 3.63) is 0 Å². The Bertz CT molecular complexity index is 225. The average molecular weight is 337 g/mol. The summed E-state index contributed by atoms with van der Waals surface area (Å²) in [7, 11) is 0. The second kappa shape index (κ2) is 18.2. The minimum absolute atomic E-state index is 0.0620. The van der Waals surface area contributed by atoms with Gasteiger partial charge in [0.05, 0.1) is 13.0 Å². The molecule has 0 fully saturated rings. The van der Waals surface area contributed by atoms with Gasteiger partial charge in [-0.05, 0) is 6.42 Å². The molecule has 0 N–H and O–H groups in total. The number of carbonyl (C=O) groups is 1. The number of carbonyl (C=O) groups excluding carboxylic acids is 1. The Labute approximate surface area is 140 Å². The maximum absolute atomic E-state index is 11.4. The Morgan fingerprint density at radius 2 is 1.48 bits per heavy atom. The molecule has 0 radical (unpaired) electrons. The summed E-state index contributed by atoms with van der Waals surface area (Å²) in [6.45, 7) is 2.85. The second-order valence-electron chi connectivity index (χ2n) is 5.45. The van der Waals surface area contributed by atoms with Crippen LogP contribution in [0.1, 0.15) is 77.6 Å². The zero-order chi connectivity index (χ0) is 15.6. The van der Waals surface area contributed by atoms with E-state index < -0.39 is 0 Å². The molecule has 126 valence electrons. The number of rotatable bonds is 16. The van der Waals surface area contributed by atoms with Gasteiger partial charge in [0, 0.05) is 17.4 Å². The van der Waals surface area contributed by atoms with E-state index in [1.54, 1.807) is 11.8 Å². The molecule has 0 aromatic rings.